The van der Waals surface area contributed by atoms with Gasteiger partial charge in [-0.1, -0.05) is 26.0 Å². The van der Waals surface area contributed by atoms with E-state index < -0.39 is 5.97 Å². The van der Waals surface area contributed by atoms with Crippen molar-refractivity contribution in [3.05, 3.63) is 60.7 Å². The third-order valence-electron chi connectivity index (χ3n) is 3.49. The van der Waals surface area contributed by atoms with Crippen LogP contribution >= 0.6 is 0 Å². The quantitative estimate of drug-likeness (QED) is 0.680. The first kappa shape index (κ1) is 19.8. The van der Waals surface area contributed by atoms with Gasteiger partial charge in [-0.2, -0.15) is 0 Å². The van der Waals surface area contributed by atoms with E-state index in [1.165, 1.54) is 13.3 Å². The van der Waals surface area contributed by atoms with Crippen LogP contribution in [0.1, 0.15) is 24.3 Å². The van der Waals surface area contributed by atoms with Crippen LogP contribution in [0.5, 0.6) is 5.75 Å². The molecule has 2 heterocycles. The molecule has 1 N–H and O–H groups in total. The molecule has 0 unspecified atom stereocenters. The number of rotatable bonds is 5. The highest BCUT2D eigenvalue weighted by atomic mass is 16.5. The molecule has 0 aliphatic rings. The van der Waals surface area contributed by atoms with E-state index in [1.54, 1.807) is 31.6 Å². The predicted molar refractivity (Wildman–Crippen MR) is 104 cm³/mol. The first-order valence-corrected chi connectivity index (χ1v) is 8.47. The lowest BCUT2D eigenvalue weighted by Crippen LogP contribution is -2.04. The van der Waals surface area contributed by atoms with E-state index in [-0.39, 0.29) is 5.69 Å². The van der Waals surface area contributed by atoms with Gasteiger partial charge < -0.3 is 14.8 Å². The molecule has 2 aromatic heterocycles. The average molecular weight is 366 g/mol. The Balaban J connectivity index is 0.00000126. The average Bonchev–Trinajstić information content (AvgIpc) is 2.76. The monoisotopic (exact) mass is 366 g/mol. The zero-order valence-corrected chi connectivity index (χ0v) is 15.8. The molecule has 0 saturated carbocycles. The molecule has 3 rings (SSSR count). The maximum atomic E-state index is 11.4. The zero-order chi connectivity index (χ0) is 19.6. The first-order chi connectivity index (χ1) is 13.2. The van der Waals surface area contributed by atoms with Gasteiger partial charge >= 0.3 is 5.97 Å². The lowest BCUT2D eigenvalue weighted by Gasteiger charge is -2.07. The van der Waals surface area contributed by atoms with Crippen molar-refractivity contribution in [2.24, 2.45) is 0 Å². The van der Waals surface area contributed by atoms with Crippen LogP contribution in [-0.2, 0) is 4.74 Å². The Morgan fingerprint density at radius 2 is 1.52 bits per heavy atom. The topological polar surface area (TPSA) is 86.2 Å². The third kappa shape index (κ3) is 5.24. The number of aromatic nitrogens is 3. The van der Waals surface area contributed by atoms with E-state index in [9.17, 15) is 4.79 Å². The van der Waals surface area contributed by atoms with E-state index in [1.807, 2.05) is 38.1 Å². The summed E-state index contributed by atoms with van der Waals surface area (Å²) >= 11 is 0. The molecule has 1 aromatic carbocycles. The Morgan fingerprint density at radius 1 is 0.852 bits per heavy atom. The van der Waals surface area contributed by atoms with E-state index in [0.717, 1.165) is 16.9 Å². The fourth-order valence-corrected chi connectivity index (χ4v) is 2.15. The maximum absolute atomic E-state index is 11.4. The van der Waals surface area contributed by atoms with Gasteiger partial charge in [-0.3, -0.25) is 0 Å². The molecule has 0 bridgehead atoms. The van der Waals surface area contributed by atoms with Crippen molar-refractivity contribution in [2.45, 2.75) is 13.8 Å². The third-order valence-corrected chi connectivity index (χ3v) is 3.49. The van der Waals surface area contributed by atoms with Crippen molar-refractivity contribution in [3.63, 3.8) is 0 Å². The van der Waals surface area contributed by atoms with Crippen LogP contribution in [0.3, 0.4) is 0 Å². The predicted octanol–water partition coefficient (Wildman–Crippen LogP) is 4.10. The van der Waals surface area contributed by atoms with Gasteiger partial charge in [-0.05, 0) is 29.8 Å². The van der Waals surface area contributed by atoms with E-state index in [0.29, 0.717) is 11.6 Å². The zero-order valence-electron chi connectivity index (χ0n) is 15.8. The van der Waals surface area contributed by atoms with Crippen LogP contribution in [0.4, 0.5) is 11.6 Å². The molecule has 0 amide bonds. The number of hydrogen-bond donors (Lipinski definition) is 1. The second-order valence-corrected chi connectivity index (χ2v) is 5.07. The maximum Gasteiger partial charge on any atom is 0.356 e. The van der Waals surface area contributed by atoms with E-state index in [4.69, 9.17) is 4.74 Å². The molecule has 3 aromatic rings. The smallest absolute Gasteiger partial charge is 0.356 e. The highest BCUT2D eigenvalue weighted by molar-refractivity contribution is 5.87. The molecule has 0 spiro atoms. The highest BCUT2D eigenvalue weighted by Crippen LogP contribution is 2.22. The number of benzene rings is 1. The number of hydrogen-bond acceptors (Lipinski definition) is 7. The molecule has 0 aliphatic carbocycles. The number of anilines is 2. The summed E-state index contributed by atoms with van der Waals surface area (Å²) in [6.45, 7) is 4.00. The number of esters is 1. The van der Waals surface area contributed by atoms with Crippen molar-refractivity contribution in [1.29, 1.82) is 0 Å². The summed E-state index contributed by atoms with van der Waals surface area (Å²) in [5, 5.41) is 3.03. The lowest BCUT2D eigenvalue weighted by molar-refractivity contribution is 0.0594. The second-order valence-electron chi connectivity index (χ2n) is 5.07. The van der Waals surface area contributed by atoms with Crippen LogP contribution in [0.2, 0.25) is 0 Å². The van der Waals surface area contributed by atoms with Gasteiger partial charge in [0.2, 0.25) is 5.95 Å². The van der Waals surface area contributed by atoms with Crippen molar-refractivity contribution in [1.82, 2.24) is 15.0 Å². The molecule has 0 radical (unpaired) electrons. The second kappa shape index (κ2) is 9.86. The van der Waals surface area contributed by atoms with Crippen molar-refractivity contribution in [2.75, 3.05) is 19.5 Å². The fourth-order valence-electron chi connectivity index (χ4n) is 2.15. The number of nitrogens with zero attached hydrogens (tertiary/aromatic N) is 3. The molecule has 7 heteroatoms. The molecular formula is C20H22N4O3. The van der Waals surface area contributed by atoms with Gasteiger partial charge in [-0.25, -0.2) is 19.7 Å². The Labute approximate surface area is 158 Å². The van der Waals surface area contributed by atoms with Crippen LogP contribution in [-0.4, -0.2) is 35.1 Å². The highest BCUT2D eigenvalue weighted by Gasteiger charge is 2.07. The van der Waals surface area contributed by atoms with E-state index >= 15 is 0 Å². The summed E-state index contributed by atoms with van der Waals surface area (Å²) in [7, 11) is 2.94. The van der Waals surface area contributed by atoms with Crippen LogP contribution in [0, 0.1) is 0 Å². The van der Waals surface area contributed by atoms with Crippen molar-refractivity contribution in [3.8, 4) is 16.9 Å². The SMILES string of the molecule is CC.COC(=O)c1ccc(Nc2ncc(-c3ccc(OC)cc3)cn2)cn1. The standard InChI is InChI=1S/C18H16N4O3.C2H6/c1-24-15-6-3-12(4-7-15)13-9-20-18(21-10-13)22-14-5-8-16(19-11-14)17(23)25-2;1-2/h3-11H,1-2H3,(H,20,21,22);1-2H3. The molecule has 140 valence electrons. The molecule has 0 fully saturated rings. The van der Waals surface area contributed by atoms with Crippen molar-refractivity contribution < 1.29 is 14.3 Å². The molecule has 27 heavy (non-hydrogen) atoms. The van der Waals surface area contributed by atoms with Gasteiger partial charge in [0.25, 0.3) is 0 Å². The first-order valence-electron chi connectivity index (χ1n) is 8.47. The summed E-state index contributed by atoms with van der Waals surface area (Å²) in [5.74, 6) is 0.752. The Morgan fingerprint density at radius 3 is 2.04 bits per heavy atom. The van der Waals surface area contributed by atoms with Gasteiger partial charge in [0.1, 0.15) is 11.4 Å². The number of ether oxygens (including phenoxy) is 2. The molecule has 0 saturated heterocycles. The Kier molecular flexibility index (Phi) is 7.25. The van der Waals surface area contributed by atoms with Crippen LogP contribution in [0.15, 0.2) is 55.0 Å². The van der Waals surface area contributed by atoms with Gasteiger partial charge in [-0.15, -0.1) is 0 Å². The largest absolute Gasteiger partial charge is 0.497 e. The van der Waals surface area contributed by atoms with Gasteiger partial charge in [0.05, 0.1) is 26.1 Å². The summed E-state index contributed by atoms with van der Waals surface area (Å²) in [6, 6.07) is 10.9. The number of methoxy groups -OCH3 is 2. The summed E-state index contributed by atoms with van der Waals surface area (Å²) in [4.78, 5) is 24.0. The van der Waals surface area contributed by atoms with Gasteiger partial charge in [0, 0.05) is 18.0 Å². The molecular weight excluding hydrogens is 344 g/mol. The fraction of sp³-hybridized carbons (Fsp3) is 0.200. The lowest BCUT2D eigenvalue weighted by atomic mass is 10.1. The Bertz CT molecular complexity index is 848. The summed E-state index contributed by atoms with van der Waals surface area (Å²) in [5.41, 5.74) is 2.80. The normalized spacial score (nSPS) is 9.63. The minimum atomic E-state index is -0.480. The number of carbonyl (C=O) groups excluding carboxylic acids is 1. The summed E-state index contributed by atoms with van der Waals surface area (Å²) < 4.78 is 9.75. The molecule has 0 aliphatic heterocycles. The molecule has 0 atom stereocenters. The van der Waals surface area contributed by atoms with Crippen molar-refractivity contribution >= 4 is 17.6 Å². The number of pyridine rings is 1. The minimum absolute atomic E-state index is 0.240. The van der Waals surface area contributed by atoms with E-state index in [2.05, 4.69) is 25.0 Å². The van der Waals surface area contributed by atoms with Crippen LogP contribution < -0.4 is 10.1 Å². The number of carbonyl (C=O) groups is 1. The molecule has 7 nitrogen and oxygen atoms in total. The van der Waals surface area contributed by atoms with Gasteiger partial charge in [0.15, 0.2) is 0 Å². The summed E-state index contributed by atoms with van der Waals surface area (Å²) in [6.07, 6.45) is 4.98. The Hall–Kier alpha value is -3.48. The van der Waals surface area contributed by atoms with Crippen LogP contribution in [0.25, 0.3) is 11.1 Å². The number of nitrogens with one attached hydrogen (secondary N) is 1. The minimum Gasteiger partial charge on any atom is -0.497 e.